The van der Waals surface area contributed by atoms with E-state index in [2.05, 4.69) is 27.7 Å². The summed E-state index contributed by atoms with van der Waals surface area (Å²) in [5.41, 5.74) is 0. The Labute approximate surface area is 460 Å². The van der Waals surface area contributed by atoms with Crippen LogP contribution < -0.4 is 9.79 Å². The van der Waals surface area contributed by atoms with Gasteiger partial charge in [0.15, 0.2) is 12.2 Å². The van der Waals surface area contributed by atoms with Crippen LogP contribution in [0.3, 0.4) is 0 Å². The molecule has 0 radical (unpaired) electrons. The maximum Gasteiger partial charge on any atom is 0.306 e. The van der Waals surface area contributed by atoms with Crippen LogP contribution in [0, 0.1) is 0 Å². The maximum absolute atomic E-state index is 12.8. The predicted octanol–water partition coefficient (Wildman–Crippen LogP) is 13.9. The zero-order chi connectivity index (χ0) is 56.2. The Kier molecular flexibility index (Phi) is 51.1. The summed E-state index contributed by atoms with van der Waals surface area (Å²) in [6, 6.07) is 0. The van der Waals surface area contributed by atoms with E-state index in [1.54, 1.807) is 0 Å². The molecule has 0 rings (SSSR count). The average Bonchev–Trinajstić information content (AvgIpc) is 3.39. The summed E-state index contributed by atoms with van der Waals surface area (Å²) >= 11 is 0. The lowest BCUT2D eigenvalue weighted by atomic mass is 10.1. The number of hydrogen-bond acceptors (Lipinski definition) is 17. The van der Waals surface area contributed by atoms with Crippen LogP contribution in [0.2, 0.25) is 0 Å². The highest BCUT2D eigenvalue weighted by Gasteiger charge is 2.24. The number of rotatable bonds is 58. The van der Waals surface area contributed by atoms with E-state index in [4.69, 9.17) is 37.0 Å². The van der Waals surface area contributed by atoms with Crippen molar-refractivity contribution < 1.29 is 80.2 Å². The Morgan fingerprint density at radius 2 is 0.539 bits per heavy atom. The molecule has 0 amide bonds. The molecule has 19 heteroatoms. The summed E-state index contributed by atoms with van der Waals surface area (Å²) in [4.78, 5) is 76.2. The molecule has 0 spiro atoms. The number of unbranched alkanes of at least 4 members (excludes halogenated alkanes) is 32. The number of phosphoric ester groups is 2. The van der Waals surface area contributed by atoms with Gasteiger partial charge in [-0.25, -0.2) is 0 Å². The Morgan fingerprint density at radius 1 is 0.329 bits per heavy atom. The largest absolute Gasteiger partial charge is 0.756 e. The van der Waals surface area contributed by atoms with Gasteiger partial charge in [0.2, 0.25) is 0 Å². The van der Waals surface area contributed by atoms with Gasteiger partial charge in [0, 0.05) is 25.7 Å². The monoisotopic (exact) mass is 1130 g/mol. The zero-order valence-corrected chi connectivity index (χ0v) is 49.9. The molecule has 1 N–H and O–H groups in total. The average molecular weight is 1130 g/mol. The van der Waals surface area contributed by atoms with Gasteiger partial charge in [-0.3, -0.25) is 28.3 Å². The first-order valence-corrected chi connectivity index (χ1v) is 33.2. The second kappa shape index (κ2) is 52.4. The molecule has 0 bridgehead atoms. The van der Waals surface area contributed by atoms with Crippen molar-refractivity contribution in [2.24, 2.45) is 0 Å². The van der Waals surface area contributed by atoms with Gasteiger partial charge in [-0.1, -0.05) is 233 Å². The number of esters is 4. The number of phosphoric acid groups is 2. The van der Waals surface area contributed by atoms with Crippen molar-refractivity contribution in [2.45, 2.75) is 303 Å². The summed E-state index contributed by atoms with van der Waals surface area (Å²) in [6.07, 6.45) is 34.2. The Bertz CT molecular complexity index is 1380. The fourth-order valence-electron chi connectivity index (χ4n) is 8.38. The molecule has 0 aliphatic rings. The maximum atomic E-state index is 12.8. The number of aliphatic hydroxyl groups is 1. The minimum atomic E-state index is -5.20. The first kappa shape index (κ1) is 74.1. The summed E-state index contributed by atoms with van der Waals surface area (Å²) in [5.74, 6) is -2.24. The first-order valence-electron chi connectivity index (χ1n) is 30.2. The van der Waals surface area contributed by atoms with Crippen LogP contribution >= 0.6 is 15.6 Å². The molecule has 0 fully saturated rings. The van der Waals surface area contributed by atoms with Gasteiger partial charge in [0.1, 0.15) is 19.3 Å². The van der Waals surface area contributed by atoms with Gasteiger partial charge >= 0.3 is 23.9 Å². The van der Waals surface area contributed by atoms with Crippen LogP contribution in [-0.4, -0.2) is 86.9 Å². The van der Waals surface area contributed by atoms with Crippen molar-refractivity contribution >= 4 is 39.5 Å². The van der Waals surface area contributed by atoms with Crippen molar-refractivity contribution in [2.75, 3.05) is 39.6 Å². The van der Waals surface area contributed by atoms with Crippen molar-refractivity contribution in [3.63, 3.8) is 0 Å². The Morgan fingerprint density at radius 3 is 0.789 bits per heavy atom. The molecule has 0 aliphatic carbocycles. The fourth-order valence-corrected chi connectivity index (χ4v) is 9.94. The number of carbonyl (C=O) groups is 4. The third-order valence-electron chi connectivity index (χ3n) is 13.1. The van der Waals surface area contributed by atoms with Gasteiger partial charge < -0.3 is 51.9 Å². The van der Waals surface area contributed by atoms with Crippen LogP contribution in [0.5, 0.6) is 0 Å². The van der Waals surface area contributed by atoms with Crippen LogP contribution in [-0.2, 0) is 65.4 Å². The fraction of sp³-hybridized carbons (Fsp3) is 0.930. The molecule has 0 saturated heterocycles. The third kappa shape index (κ3) is 51.5. The molecular formula is C57H108O17P2-2. The Hall–Kier alpha value is -1.94. The van der Waals surface area contributed by atoms with Gasteiger partial charge in [0.25, 0.3) is 15.6 Å². The summed E-state index contributed by atoms with van der Waals surface area (Å²) in [6.45, 7) is 4.36. The molecule has 0 saturated carbocycles. The number of carbonyl (C=O) groups excluding carboxylic acids is 4. The molecule has 0 aliphatic heterocycles. The zero-order valence-electron chi connectivity index (χ0n) is 48.1. The normalized spacial score (nSPS) is 14.4. The molecule has 0 aromatic rings. The summed E-state index contributed by atoms with van der Waals surface area (Å²) in [5, 5.41) is 10.4. The van der Waals surface area contributed by atoms with Crippen LogP contribution in [0.25, 0.3) is 0 Å². The molecule has 4 atom stereocenters. The van der Waals surface area contributed by atoms with Crippen LogP contribution in [0.4, 0.5) is 0 Å². The molecule has 4 unspecified atom stereocenters. The molecule has 0 heterocycles. The SMILES string of the molecule is CCCCCCCCCCCC(=O)OCC(COP(=O)([O-])OCC(O)COP(=O)([O-])OCC(COC(=O)CCCCCCCCCCC)OC(=O)CCCCCCCCCCC)OC(=O)CCCCCCCCCCC. The second-order valence-corrected chi connectivity index (χ2v) is 23.5. The standard InChI is InChI=1S/C57H110O17P2/c1-5-9-13-17-21-25-29-33-37-41-54(59)67-47-52(73-56(61)43-39-35-31-27-23-19-15-11-7-3)49-71-75(63,64)69-45-51(58)46-70-76(65,66)72-50-53(74-57(62)44-40-36-32-28-24-20-16-12-8-4)48-68-55(60)42-38-34-30-26-22-18-14-10-6-2/h51-53,58H,5-50H2,1-4H3,(H,63,64)(H,65,66)/p-2. The van der Waals surface area contributed by atoms with E-state index in [0.29, 0.717) is 25.7 Å². The highest BCUT2D eigenvalue weighted by molar-refractivity contribution is 7.46. The van der Waals surface area contributed by atoms with E-state index >= 15 is 0 Å². The van der Waals surface area contributed by atoms with E-state index in [-0.39, 0.29) is 25.7 Å². The van der Waals surface area contributed by atoms with Crippen LogP contribution in [0.1, 0.15) is 285 Å². The van der Waals surface area contributed by atoms with E-state index in [9.17, 15) is 43.2 Å². The van der Waals surface area contributed by atoms with Gasteiger partial charge in [-0.05, 0) is 25.7 Å². The van der Waals surface area contributed by atoms with Gasteiger partial charge in [-0.15, -0.1) is 0 Å². The first-order chi connectivity index (χ1) is 36.7. The topological polar surface area (TPSA) is 243 Å². The minimum Gasteiger partial charge on any atom is -0.756 e. The second-order valence-electron chi connectivity index (χ2n) is 20.6. The molecule has 0 aromatic carbocycles. The third-order valence-corrected chi connectivity index (χ3v) is 14.9. The van der Waals surface area contributed by atoms with E-state index in [1.165, 1.54) is 103 Å². The van der Waals surface area contributed by atoms with E-state index in [1.807, 2.05) is 0 Å². The van der Waals surface area contributed by atoms with E-state index < -0.39 is 97.5 Å². The van der Waals surface area contributed by atoms with Crippen molar-refractivity contribution in [3.05, 3.63) is 0 Å². The molecule has 17 nitrogen and oxygen atoms in total. The lowest BCUT2D eigenvalue weighted by Gasteiger charge is -2.28. The number of hydrogen-bond donors (Lipinski definition) is 1. The smallest absolute Gasteiger partial charge is 0.306 e. The van der Waals surface area contributed by atoms with Crippen molar-refractivity contribution in [3.8, 4) is 0 Å². The molecule has 450 valence electrons. The lowest BCUT2D eigenvalue weighted by molar-refractivity contribution is -0.233. The summed E-state index contributed by atoms with van der Waals surface area (Å²) < 4.78 is 66.7. The van der Waals surface area contributed by atoms with Crippen molar-refractivity contribution in [1.29, 1.82) is 0 Å². The number of aliphatic hydroxyl groups excluding tert-OH is 1. The molecular weight excluding hydrogens is 1020 g/mol. The Balaban J connectivity index is 5.21. The lowest BCUT2D eigenvalue weighted by Crippen LogP contribution is -2.31. The van der Waals surface area contributed by atoms with Gasteiger partial charge in [0.05, 0.1) is 26.4 Å². The quantitative estimate of drug-likeness (QED) is 0.0257. The highest BCUT2D eigenvalue weighted by atomic mass is 31.2. The summed E-state index contributed by atoms with van der Waals surface area (Å²) in [7, 11) is -10.4. The predicted molar refractivity (Wildman–Crippen MR) is 294 cm³/mol. The number of ether oxygens (including phenoxy) is 4. The van der Waals surface area contributed by atoms with E-state index in [0.717, 1.165) is 103 Å². The molecule has 76 heavy (non-hydrogen) atoms. The minimum absolute atomic E-state index is 0.0852. The highest BCUT2D eigenvalue weighted by Crippen LogP contribution is 2.40. The van der Waals surface area contributed by atoms with Gasteiger partial charge in [-0.2, -0.15) is 0 Å². The van der Waals surface area contributed by atoms with Crippen LogP contribution in [0.15, 0.2) is 0 Å². The van der Waals surface area contributed by atoms with Crippen molar-refractivity contribution in [1.82, 2.24) is 0 Å². The molecule has 0 aromatic heterocycles.